The number of sulfonamides is 1. The maximum absolute atomic E-state index is 12.9. The molecule has 0 atom stereocenters. The van der Waals surface area contributed by atoms with Gasteiger partial charge >= 0.3 is 0 Å². The average Bonchev–Trinajstić information content (AvgIpc) is 2.86. The molecule has 0 fully saturated rings. The Hall–Kier alpha value is -3.29. The molecule has 33 heavy (non-hydrogen) atoms. The van der Waals surface area contributed by atoms with Gasteiger partial charge in [-0.15, -0.1) is 0 Å². The summed E-state index contributed by atoms with van der Waals surface area (Å²) < 4.78 is 28.4. The number of unbranched alkanes of at least 4 members (excludes halogenated alkanes) is 2. The number of pyridine rings is 2. The molecule has 170 valence electrons. The van der Waals surface area contributed by atoms with Crippen molar-refractivity contribution in [2.45, 2.75) is 37.6 Å². The molecule has 0 spiro atoms. The van der Waals surface area contributed by atoms with Crippen LogP contribution in [0.5, 0.6) is 0 Å². The Morgan fingerprint density at radius 2 is 1.76 bits per heavy atom. The molecule has 0 saturated heterocycles. The number of anilines is 1. The molecule has 7 heteroatoms. The van der Waals surface area contributed by atoms with Crippen molar-refractivity contribution < 1.29 is 8.42 Å². The van der Waals surface area contributed by atoms with Crippen molar-refractivity contribution in [2.75, 3.05) is 11.9 Å². The van der Waals surface area contributed by atoms with Crippen molar-refractivity contribution >= 4 is 26.7 Å². The predicted octanol–water partition coefficient (Wildman–Crippen LogP) is 5.38. The van der Waals surface area contributed by atoms with Crippen LogP contribution >= 0.6 is 0 Å². The van der Waals surface area contributed by atoms with Gasteiger partial charge in [0.05, 0.1) is 21.8 Å². The molecule has 0 bridgehead atoms. The molecule has 4 rings (SSSR count). The lowest BCUT2D eigenvalue weighted by atomic mass is 10.1. The van der Waals surface area contributed by atoms with Crippen LogP contribution in [0.4, 0.5) is 5.69 Å². The van der Waals surface area contributed by atoms with Crippen molar-refractivity contribution in [3.63, 3.8) is 0 Å². The van der Waals surface area contributed by atoms with Crippen LogP contribution in [0.3, 0.4) is 0 Å². The number of aromatic nitrogens is 2. The largest absolute Gasteiger partial charge is 0.383 e. The lowest BCUT2D eigenvalue weighted by Crippen LogP contribution is -2.23. The third-order valence-corrected chi connectivity index (χ3v) is 6.83. The van der Waals surface area contributed by atoms with E-state index in [1.807, 2.05) is 54.6 Å². The molecule has 4 aromatic rings. The Morgan fingerprint density at radius 1 is 0.909 bits per heavy atom. The molecule has 2 heterocycles. The fourth-order valence-corrected chi connectivity index (χ4v) is 4.67. The van der Waals surface area contributed by atoms with Gasteiger partial charge < -0.3 is 5.32 Å². The minimum Gasteiger partial charge on any atom is -0.383 e. The Kier molecular flexibility index (Phi) is 7.32. The third-order valence-electron chi connectivity index (χ3n) is 5.43. The highest BCUT2D eigenvalue weighted by Gasteiger charge is 2.15. The van der Waals surface area contributed by atoms with E-state index < -0.39 is 10.0 Å². The summed E-state index contributed by atoms with van der Waals surface area (Å²) in [6.45, 7) is 3.29. The van der Waals surface area contributed by atoms with E-state index in [1.165, 1.54) is 12.8 Å². The van der Waals surface area contributed by atoms with E-state index >= 15 is 0 Å². The SMILES string of the molecule is CCCCCNc1ccnc2ccc(-c3cccc(S(=O)(=O)NCc4ccccc4)c3)nc12. The van der Waals surface area contributed by atoms with Gasteiger partial charge in [-0.2, -0.15) is 0 Å². The van der Waals surface area contributed by atoms with Crippen LogP contribution in [0.2, 0.25) is 0 Å². The van der Waals surface area contributed by atoms with Gasteiger partial charge in [0.15, 0.2) is 0 Å². The highest BCUT2D eigenvalue weighted by Crippen LogP contribution is 2.26. The second-order valence-corrected chi connectivity index (χ2v) is 9.66. The van der Waals surface area contributed by atoms with Crippen LogP contribution < -0.4 is 10.0 Å². The van der Waals surface area contributed by atoms with E-state index in [0.29, 0.717) is 5.69 Å². The Labute approximate surface area is 195 Å². The summed E-state index contributed by atoms with van der Waals surface area (Å²) in [4.78, 5) is 9.45. The van der Waals surface area contributed by atoms with Crippen molar-refractivity contribution in [3.8, 4) is 11.3 Å². The maximum atomic E-state index is 12.9. The van der Waals surface area contributed by atoms with Crippen LogP contribution in [0.1, 0.15) is 31.7 Å². The highest BCUT2D eigenvalue weighted by atomic mass is 32.2. The van der Waals surface area contributed by atoms with Gasteiger partial charge in [-0.25, -0.2) is 18.1 Å². The number of rotatable bonds is 10. The Balaban J connectivity index is 1.59. The third kappa shape index (κ3) is 5.74. The molecule has 0 unspecified atom stereocenters. The van der Waals surface area contributed by atoms with Crippen LogP contribution in [0.25, 0.3) is 22.3 Å². The molecule has 6 nitrogen and oxygen atoms in total. The second kappa shape index (κ2) is 10.6. The lowest BCUT2D eigenvalue weighted by Gasteiger charge is -2.11. The first-order valence-electron chi connectivity index (χ1n) is 11.2. The number of nitrogens with zero attached hydrogens (tertiary/aromatic N) is 2. The van der Waals surface area contributed by atoms with Gasteiger partial charge in [-0.3, -0.25) is 4.98 Å². The fourth-order valence-electron chi connectivity index (χ4n) is 3.61. The first-order valence-corrected chi connectivity index (χ1v) is 12.7. The number of hydrogen-bond donors (Lipinski definition) is 2. The van der Waals surface area contributed by atoms with Crippen molar-refractivity contribution in [2.24, 2.45) is 0 Å². The van der Waals surface area contributed by atoms with Crippen LogP contribution in [0.15, 0.2) is 83.9 Å². The molecule has 0 aliphatic heterocycles. The molecule has 2 N–H and O–H groups in total. The van der Waals surface area contributed by atoms with Gasteiger partial charge in [-0.1, -0.05) is 62.2 Å². The lowest BCUT2D eigenvalue weighted by molar-refractivity contribution is 0.581. The maximum Gasteiger partial charge on any atom is 0.240 e. The highest BCUT2D eigenvalue weighted by molar-refractivity contribution is 7.89. The molecule has 2 aromatic heterocycles. The molecular formula is C26H28N4O2S. The summed E-state index contributed by atoms with van der Waals surface area (Å²) >= 11 is 0. The van der Waals surface area contributed by atoms with E-state index in [1.54, 1.807) is 24.4 Å². The molecule has 0 aliphatic carbocycles. The van der Waals surface area contributed by atoms with Gasteiger partial charge in [0.25, 0.3) is 0 Å². The van der Waals surface area contributed by atoms with Gasteiger partial charge in [-0.05, 0) is 42.3 Å². The molecule has 0 radical (unpaired) electrons. The van der Waals surface area contributed by atoms with Gasteiger partial charge in [0, 0.05) is 24.8 Å². The summed E-state index contributed by atoms with van der Waals surface area (Å²) in [6, 6.07) is 22.0. The Bertz CT molecular complexity index is 1320. The topological polar surface area (TPSA) is 84.0 Å². The van der Waals surface area contributed by atoms with Gasteiger partial charge in [0.2, 0.25) is 10.0 Å². The first kappa shape index (κ1) is 22.9. The predicted molar refractivity (Wildman–Crippen MR) is 133 cm³/mol. The van der Waals surface area contributed by atoms with Crippen molar-refractivity contribution in [1.29, 1.82) is 0 Å². The number of fused-ring (bicyclic) bond motifs is 1. The minimum absolute atomic E-state index is 0.210. The van der Waals surface area contributed by atoms with Crippen molar-refractivity contribution in [1.82, 2.24) is 14.7 Å². The summed E-state index contributed by atoms with van der Waals surface area (Å²) in [5, 5.41) is 3.46. The minimum atomic E-state index is -3.66. The van der Waals surface area contributed by atoms with Crippen LogP contribution in [0, 0.1) is 0 Å². The zero-order valence-corrected chi connectivity index (χ0v) is 19.5. The zero-order chi connectivity index (χ0) is 23.1. The summed E-state index contributed by atoms with van der Waals surface area (Å²) in [6.07, 6.45) is 5.21. The van der Waals surface area contributed by atoms with E-state index in [9.17, 15) is 8.42 Å². The normalized spacial score (nSPS) is 11.5. The first-order chi connectivity index (χ1) is 16.1. The van der Waals surface area contributed by atoms with E-state index in [-0.39, 0.29) is 11.4 Å². The van der Waals surface area contributed by atoms with Gasteiger partial charge in [0.1, 0.15) is 5.52 Å². The van der Waals surface area contributed by atoms with Crippen molar-refractivity contribution in [3.05, 3.63) is 84.6 Å². The fraction of sp³-hybridized carbons (Fsp3) is 0.231. The summed E-state index contributed by atoms with van der Waals surface area (Å²) in [7, 11) is -3.66. The number of nitrogens with one attached hydrogen (secondary N) is 2. The standard InChI is InChI=1S/C26H28N4O2S/c1-2-3-7-16-27-25-15-17-28-24-14-13-23(30-26(24)25)21-11-8-12-22(18-21)33(31,32)29-19-20-9-5-4-6-10-20/h4-6,8-15,17-18,29H,2-3,7,16,19H2,1H3,(H,27,28). The molecule has 2 aromatic carbocycles. The zero-order valence-electron chi connectivity index (χ0n) is 18.7. The Morgan fingerprint density at radius 3 is 2.58 bits per heavy atom. The summed E-state index contributed by atoms with van der Waals surface area (Å²) in [5.74, 6) is 0. The van der Waals surface area contributed by atoms with Crippen LogP contribution in [-0.2, 0) is 16.6 Å². The average molecular weight is 461 g/mol. The quantitative estimate of drug-likeness (QED) is 0.311. The van der Waals surface area contributed by atoms with E-state index in [0.717, 1.165) is 40.8 Å². The monoisotopic (exact) mass is 460 g/mol. The second-order valence-electron chi connectivity index (χ2n) is 7.89. The van der Waals surface area contributed by atoms with E-state index in [2.05, 4.69) is 21.9 Å². The summed E-state index contributed by atoms with van der Waals surface area (Å²) in [5.41, 5.74) is 4.85. The van der Waals surface area contributed by atoms with E-state index in [4.69, 9.17) is 4.98 Å². The number of benzene rings is 2. The molecule has 0 amide bonds. The molecule has 0 aliphatic rings. The molecular weight excluding hydrogens is 432 g/mol. The number of hydrogen-bond acceptors (Lipinski definition) is 5. The molecule has 0 saturated carbocycles. The smallest absolute Gasteiger partial charge is 0.240 e. The van der Waals surface area contributed by atoms with Crippen LogP contribution in [-0.4, -0.2) is 24.9 Å².